The SMILES string of the molecule is COC(=O)N1CCC(n2ncc3c(N4CCOC(C)C4)nc(-c4ccc(NC(C)=O)cc4)nc32)CC1.COC(=O)N1CCC(n2ncc3c(N4CCOC(C)C4)nc(-c4ccc(NC(C)=O)cc4)nc32)CC1. The quantitative estimate of drug-likeness (QED) is 0.174. The Labute approximate surface area is 416 Å². The van der Waals surface area contributed by atoms with Gasteiger partial charge in [-0.2, -0.15) is 10.2 Å². The second kappa shape index (κ2) is 21.9. The summed E-state index contributed by atoms with van der Waals surface area (Å²) in [5.41, 5.74) is 4.69. The number of piperidine rings is 2. The number of carbonyl (C=O) groups excluding carboxylic acids is 4. The van der Waals surface area contributed by atoms with Crippen molar-refractivity contribution in [1.82, 2.24) is 49.3 Å². The Bertz CT molecular complexity index is 2700. The van der Waals surface area contributed by atoms with Crippen LogP contribution in [-0.4, -0.2) is 165 Å². The van der Waals surface area contributed by atoms with E-state index < -0.39 is 0 Å². The van der Waals surface area contributed by atoms with Gasteiger partial charge >= 0.3 is 12.2 Å². The third-order valence-electron chi connectivity index (χ3n) is 13.4. The molecule has 0 aliphatic carbocycles. The van der Waals surface area contributed by atoms with Crippen LogP contribution < -0.4 is 20.4 Å². The van der Waals surface area contributed by atoms with Crippen LogP contribution in [0.3, 0.4) is 0 Å². The lowest BCUT2D eigenvalue weighted by Gasteiger charge is -2.33. The Morgan fingerprint density at radius 1 is 0.556 bits per heavy atom. The van der Waals surface area contributed by atoms with Crippen molar-refractivity contribution in [2.45, 2.75) is 77.7 Å². The Balaban J connectivity index is 0.000000178. The molecule has 0 bridgehead atoms. The van der Waals surface area contributed by atoms with Gasteiger partial charge in [0.1, 0.15) is 11.6 Å². The van der Waals surface area contributed by atoms with Crippen LogP contribution in [0.2, 0.25) is 0 Å². The molecule has 4 aromatic heterocycles. The fourth-order valence-corrected chi connectivity index (χ4v) is 9.77. The van der Waals surface area contributed by atoms with Gasteiger partial charge in [0.25, 0.3) is 0 Å². The summed E-state index contributed by atoms with van der Waals surface area (Å²) >= 11 is 0. The van der Waals surface area contributed by atoms with Crippen LogP contribution in [-0.2, 0) is 28.5 Å². The Morgan fingerprint density at radius 2 is 0.931 bits per heavy atom. The van der Waals surface area contributed by atoms with Gasteiger partial charge in [-0.1, -0.05) is 0 Å². The lowest BCUT2D eigenvalue weighted by Crippen LogP contribution is -2.41. The number of morpholine rings is 2. The molecule has 0 radical (unpaired) electrons. The van der Waals surface area contributed by atoms with Gasteiger partial charge < -0.3 is 49.2 Å². The highest BCUT2D eigenvalue weighted by molar-refractivity contribution is 5.92. The Hall–Kier alpha value is -7.46. The second-order valence-electron chi connectivity index (χ2n) is 18.5. The van der Waals surface area contributed by atoms with Crippen molar-refractivity contribution in [3.8, 4) is 22.8 Å². The highest BCUT2D eigenvalue weighted by Gasteiger charge is 2.31. The molecule has 4 aliphatic rings. The highest BCUT2D eigenvalue weighted by Crippen LogP contribution is 2.35. The molecule has 0 spiro atoms. The third-order valence-corrected chi connectivity index (χ3v) is 13.4. The number of benzene rings is 2. The minimum absolute atomic E-state index is 0.0989. The number of nitrogens with zero attached hydrogens (tertiary/aromatic N) is 12. The molecule has 4 fully saturated rings. The van der Waals surface area contributed by atoms with Crippen molar-refractivity contribution in [2.75, 3.05) is 100 Å². The predicted molar refractivity (Wildman–Crippen MR) is 270 cm³/mol. The normalized spacial score (nSPS) is 18.9. The number of aromatic nitrogens is 8. The Morgan fingerprint density at radius 3 is 1.26 bits per heavy atom. The first-order valence-electron chi connectivity index (χ1n) is 24.5. The van der Waals surface area contributed by atoms with E-state index in [1.807, 2.05) is 70.3 Å². The molecular weight excluding hydrogens is 925 g/mol. The fourth-order valence-electron chi connectivity index (χ4n) is 9.77. The van der Waals surface area contributed by atoms with Gasteiger partial charge in [0, 0.05) is 88.7 Å². The lowest BCUT2D eigenvalue weighted by molar-refractivity contribution is -0.115. The number of hydrogen-bond acceptors (Lipinski definition) is 16. The molecule has 72 heavy (non-hydrogen) atoms. The first-order chi connectivity index (χ1) is 34.8. The molecule has 4 saturated heterocycles. The number of ether oxygens (including phenoxy) is 4. The standard InChI is InChI=1S/2C25H31N7O4/c2*1-16-15-31(12-13-36-16)23-21-14-26-32(20-8-10-30(11-9-20)25(34)35-3)24(21)29-22(28-23)18-4-6-19(7-5-18)27-17(2)33/h2*4-7,14,16,20H,8-13,15H2,1-3H3,(H,27,33). The average Bonchev–Trinajstić information content (AvgIpc) is 4.03. The summed E-state index contributed by atoms with van der Waals surface area (Å²) in [4.78, 5) is 74.4. The Kier molecular flexibility index (Phi) is 15.1. The van der Waals surface area contributed by atoms with Crippen LogP contribution >= 0.6 is 0 Å². The molecule has 10 rings (SSSR count). The van der Waals surface area contributed by atoms with Crippen molar-refractivity contribution in [3.63, 3.8) is 0 Å². The van der Waals surface area contributed by atoms with Crippen LogP contribution in [0.4, 0.5) is 32.6 Å². The van der Waals surface area contributed by atoms with E-state index in [-0.39, 0.29) is 48.3 Å². The molecule has 2 N–H and O–H groups in total. The first kappa shape index (κ1) is 49.5. The van der Waals surface area contributed by atoms with Gasteiger partial charge in [-0.15, -0.1) is 0 Å². The maximum absolute atomic E-state index is 11.9. The third kappa shape index (κ3) is 11.0. The predicted octanol–water partition coefficient (Wildman–Crippen LogP) is 6.16. The maximum Gasteiger partial charge on any atom is 0.409 e. The molecular formula is C50H62N14O8. The molecule has 4 aliphatic heterocycles. The monoisotopic (exact) mass is 986 g/mol. The molecule has 4 amide bonds. The summed E-state index contributed by atoms with van der Waals surface area (Å²) in [7, 11) is 2.81. The van der Waals surface area contributed by atoms with E-state index in [0.29, 0.717) is 51.0 Å². The van der Waals surface area contributed by atoms with Crippen LogP contribution in [0.15, 0.2) is 60.9 Å². The van der Waals surface area contributed by atoms with Gasteiger partial charge in [-0.05, 0) is 88.1 Å². The topological polar surface area (TPSA) is 229 Å². The van der Waals surface area contributed by atoms with Crippen molar-refractivity contribution >= 4 is 69.1 Å². The minimum Gasteiger partial charge on any atom is -0.453 e. The molecule has 22 heteroatoms. The zero-order valence-electron chi connectivity index (χ0n) is 41.6. The number of fused-ring (bicyclic) bond motifs is 2. The zero-order chi connectivity index (χ0) is 50.5. The molecule has 2 unspecified atom stereocenters. The van der Waals surface area contributed by atoms with Gasteiger partial charge in [-0.3, -0.25) is 9.59 Å². The first-order valence-corrected chi connectivity index (χ1v) is 24.5. The number of amides is 4. The molecule has 6 aromatic rings. The number of nitrogens with one attached hydrogen (secondary N) is 2. The molecule has 22 nitrogen and oxygen atoms in total. The number of anilines is 4. The average molecular weight is 987 g/mol. The zero-order valence-corrected chi connectivity index (χ0v) is 41.6. The van der Waals surface area contributed by atoms with E-state index in [1.54, 1.807) is 9.80 Å². The number of rotatable bonds is 8. The van der Waals surface area contributed by atoms with Crippen molar-refractivity contribution in [3.05, 3.63) is 60.9 Å². The van der Waals surface area contributed by atoms with Crippen molar-refractivity contribution < 1.29 is 38.1 Å². The minimum atomic E-state index is -0.296. The van der Waals surface area contributed by atoms with E-state index in [1.165, 1.54) is 28.1 Å². The van der Waals surface area contributed by atoms with Gasteiger partial charge in [0.15, 0.2) is 22.9 Å². The van der Waals surface area contributed by atoms with Gasteiger partial charge in [0.05, 0.1) is 74.9 Å². The smallest absolute Gasteiger partial charge is 0.409 e. The maximum atomic E-state index is 11.9. The molecule has 8 heterocycles. The van der Waals surface area contributed by atoms with E-state index in [0.717, 1.165) is 108 Å². The lowest BCUT2D eigenvalue weighted by atomic mass is 10.1. The van der Waals surface area contributed by atoms with Crippen LogP contribution in [0.5, 0.6) is 0 Å². The molecule has 380 valence electrons. The molecule has 2 atom stereocenters. The highest BCUT2D eigenvalue weighted by atomic mass is 16.5. The summed E-state index contributed by atoms with van der Waals surface area (Å²) in [6.07, 6.45) is 6.36. The molecule has 2 aromatic carbocycles. The molecule has 0 saturated carbocycles. The summed E-state index contributed by atoms with van der Waals surface area (Å²) in [6.45, 7) is 13.7. The number of methoxy groups -OCH3 is 2. The van der Waals surface area contributed by atoms with E-state index in [2.05, 4.69) is 34.3 Å². The summed E-state index contributed by atoms with van der Waals surface area (Å²) < 4.78 is 25.2. The van der Waals surface area contributed by atoms with Crippen molar-refractivity contribution in [2.24, 2.45) is 0 Å². The van der Waals surface area contributed by atoms with Crippen LogP contribution in [0.25, 0.3) is 44.8 Å². The van der Waals surface area contributed by atoms with Gasteiger partial charge in [-0.25, -0.2) is 38.9 Å². The number of likely N-dealkylation sites (tertiary alicyclic amines) is 2. The van der Waals surface area contributed by atoms with Crippen LogP contribution in [0, 0.1) is 0 Å². The fraction of sp³-hybridized carbons (Fsp3) is 0.480. The number of hydrogen-bond donors (Lipinski definition) is 2. The summed E-state index contributed by atoms with van der Waals surface area (Å²) in [5, 5.41) is 16.9. The number of carbonyl (C=O) groups is 4. The van der Waals surface area contributed by atoms with E-state index in [9.17, 15) is 19.2 Å². The largest absolute Gasteiger partial charge is 0.453 e. The van der Waals surface area contributed by atoms with Gasteiger partial charge in [0.2, 0.25) is 11.8 Å². The summed E-state index contributed by atoms with van der Waals surface area (Å²) in [6, 6.07) is 15.3. The van der Waals surface area contributed by atoms with Crippen molar-refractivity contribution in [1.29, 1.82) is 0 Å². The summed E-state index contributed by atoms with van der Waals surface area (Å²) in [5.74, 6) is 2.64. The van der Waals surface area contributed by atoms with E-state index >= 15 is 0 Å². The van der Waals surface area contributed by atoms with E-state index in [4.69, 9.17) is 49.1 Å². The second-order valence-corrected chi connectivity index (χ2v) is 18.5. The van der Waals surface area contributed by atoms with Crippen LogP contribution in [0.1, 0.15) is 65.5 Å².